The van der Waals surface area contributed by atoms with Crippen LogP contribution in [0.15, 0.2) is 30.3 Å². The van der Waals surface area contributed by atoms with Crippen LogP contribution in [0.25, 0.3) is 0 Å². The summed E-state index contributed by atoms with van der Waals surface area (Å²) in [6, 6.07) is 10.7. The standard InChI is InChI=1S/C18H29N3O2/c1-16(15-23-2)19-18(22)14-21-12-10-20(11-13-21)9-8-17-6-4-3-5-7-17/h3-7,16H,8-15H2,1-2H3,(H,19,22). The third-order valence-electron chi connectivity index (χ3n) is 4.22. The first-order valence-electron chi connectivity index (χ1n) is 8.44. The van der Waals surface area contributed by atoms with Crippen LogP contribution in [0.3, 0.4) is 0 Å². The molecule has 1 heterocycles. The average Bonchev–Trinajstić information content (AvgIpc) is 2.55. The molecular weight excluding hydrogens is 290 g/mol. The summed E-state index contributed by atoms with van der Waals surface area (Å²) >= 11 is 0. The molecule has 1 aromatic rings. The van der Waals surface area contributed by atoms with Crippen molar-refractivity contribution in [3.8, 4) is 0 Å². The highest BCUT2D eigenvalue weighted by Gasteiger charge is 2.19. The predicted octanol–water partition coefficient (Wildman–Crippen LogP) is 0.998. The van der Waals surface area contributed by atoms with Crippen molar-refractivity contribution < 1.29 is 9.53 Å². The molecule has 0 aromatic heterocycles. The van der Waals surface area contributed by atoms with Crippen molar-refractivity contribution in [2.75, 3.05) is 53.0 Å². The van der Waals surface area contributed by atoms with E-state index in [0.717, 1.165) is 39.1 Å². The lowest BCUT2D eigenvalue weighted by molar-refractivity contribution is -0.123. The lowest BCUT2D eigenvalue weighted by atomic mass is 10.1. The van der Waals surface area contributed by atoms with E-state index in [1.54, 1.807) is 7.11 Å². The molecule has 128 valence electrons. The first-order chi connectivity index (χ1) is 11.2. The maximum atomic E-state index is 12.0. The normalized spacial score (nSPS) is 17.8. The molecule has 23 heavy (non-hydrogen) atoms. The number of nitrogens with zero attached hydrogens (tertiary/aromatic N) is 2. The monoisotopic (exact) mass is 319 g/mol. The fraction of sp³-hybridized carbons (Fsp3) is 0.611. The number of hydrogen-bond acceptors (Lipinski definition) is 4. The number of hydrogen-bond donors (Lipinski definition) is 1. The Labute approximate surface area is 139 Å². The Bertz CT molecular complexity index is 459. The topological polar surface area (TPSA) is 44.8 Å². The Kier molecular flexibility index (Phi) is 7.52. The summed E-state index contributed by atoms with van der Waals surface area (Å²) < 4.78 is 5.04. The second kappa shape index (κ2) is 9.65. The number of methoxy groups -OCH3 is 1. The molecule has 0 radical (unpaired) electrons. The number of nitrogens with one attached hydrogen (secondary N) is 1. The van der Waals surface area contributed by atoms with Crippen LogP contribution in [-0.4, -0.2) is 74.7 Å². The summed E-state index contributed by atoms with van der Waals surface area (Å²) in [7, 11) is 1.65. The minimum absolute atomic E-state index is 0.0691. The number of piperazine rings is 1. The predicted molar refractivity (Wildman–Crippen MR) is 92.5 cm³/mol. The zero-order chi connectivity index (χ0) is 16.5. The third-order valence-corrected chi connectivity index (χ3v) is 4.22. The van der Waals surface area contributed by atoms with Crippen molar-refractivity contribution in [1.82, 2.24) is 15.1 Å². The fourth-order valence-electron chi connectivity index (χ4n) is 2.92. The van der Waals surface area contributed by atoms with Crippen molar-refractivity contribution in [2.45, 2.75) is 19.4 Å². The minimum Gasteiger partial charge on any atom is -0.383 e. The van der Waals surface area contributed by atoms with Crippen LogP contribution >= 0.6 is 0 Å². The molecule has 0 spiro atoms. The molecule has 1 atom stereocenters. The van der Waals surface area contributed by atoms with Gasteiger partial charge in [0.2, 0.25) is 5.91 Å². The molecule has 1 N–H and O–H groups in total. The lowest BCUT2D eigenvalue weighted by Gasteiger charge is -2.34. The van der Waals surface area contributed by atoms with Crippen LogP contribution in [-0.2, 0) is 16.0 Å². The van der Waals surface area contributed by atoms with Gasteiger partial charge in [-0.3, -0.25) is 9.69 Å². The van der Waals surface area contributed by atoms with E-state index < -0.39 is 0 Å². The molecular formula is C18H29N3O2. The Morgan fingerprint density at radius 1 is 1.17 bits per heavy atom. The van der Waals surface area contributed by atoms with Gasteiger partial charge in [0, 0.05) is 45.9 Å². The van der Waals surface area contributed by atoms with Gasteiger partial charge >= 0.3 is 0 Å². The molecule has 1 amide bonds. The van der Waals surface area contributed by atoms with Crippen molar-refractivity contribution in [2.24, 2.45) is 0 Å². The molecule has 0 saturated carbocycles. The first kappa shape index (κ1) is 17.9. The number of rotatable bonds is 8. The molecule has 1 fully saturated rings. The molecule has 0 bridgehead atoms. The highest BCUT2D eigenvalue weighted by atomic mass is 16.5. The molecule has 5 heteroatoms. The Morgan fingerprint density at radius 2 is 1.83 bits per heavy atom. The quantitative estimate of drug-likeness (QED) is 0.776. The summed E-state index contributed by atoms with van der Waals surface area (Å²) in [5.74, 6) is 0.0901. The van der Waals surface area contributed by atoms with Crippen LogP contribution in [0.5, 0.6) is 0 Å². The summed E-state index contributed by atoms with van der Waals surface area (Å²) in [6.07, 6.45) is 1.09. The third kappa shape index (κ3) is 6.69. The SMILES string of the molecule is COCC(C)NC(=O)CN1CCN(CCc2ccccc2)CC1. The second-order valence-corrected chi connectivity index (χ2v) is 6.28. The van der Waals surface area contributed by atoms with Crippen molar-refractivity contribution in [3.05, 3.63) is 35.9 Å². The van der Waals surface area contributed by atoms with Gasteiger partial charge in [-0.2, -0.15) is 0 Å². The molecule has 1 aliphatic heterocycles. The van der Waals surface area contributed by atoms with E-state index in [2.05, 4.69) is 45.4 Å². The van der Waals surface area contributed by atoms with Gasteiger partial charge in [-0.15, -0.1) is 0 Å². The van der Waals surface area contributed by atoms with Crippen LogP contribution in [0.1, 0.15) is 12.5 Å². The van der Waals surface area contributed by atoms with Gasteiger partial charge < -0.3 is 15.0 Å². The zero-order valence-electron chi connectivity index (χ0n) is 14.3. The maximum absolute atomic E-state index is 12.0. The number of amides is 1. The number of carbonyl (C=O) groups is 1. The maximum Gasteiger partial charge on any atom is 0.234 e. The van der Waals surface area contributed by atoms with Gasteiger partial charge in [0.05, 0.1) is 13.2 Å². The summed E-state index contributed by atoms with van der Waals surface area (Å²) in [5, 5.41) is 2.97. The second-order valence-electron chi connectivity index (χ2n) is 6.28. The average molecular weight is 319 g/mol. The van der Waals surface area contributed by atoms with Crippen molar-refractivity contribution in [1.29, 1.82) is 0 Å². The smallest absolute Gasteiger partial charge is 0.234 e. The molecule has 5 nitrogen and oxygen atoms in total. The van der Waals surface area contributed by atoms with Crippen molar-refractivity contribution >= 4 is 5.91 Å². The fourth-order valence-corrected chi connectivity index (χ4v) is 2.92. The van der Waals surface area contributed by atoms with E-state index in [4.69, 9.17) is 4.74 Å². The van der Waals surface area contributed by atoms with E-state index in [-0.39, 0.29) is 11.9 Å². The molecule has 1 aromatic carbocycles. The van der Waals surface area contributed by atoms with Gasteiger partial charge in [0.1, 0.15) is 0 Å². The number of ether oxygens (including phenoxy) is 1. The van der Waals surface area contributed by atoms with Crippen LogP contribution < -0.4 is 5.32 Å². The van der Waals surface area contributed by atoms with Crippen LogP contribution in [0, 0.1) is 0 Å². The minimum atomic E-state index is 0.0691. The lowest BCUT2D eigenvalue weighted by Crippen LogP contribution is -2.50. The van der Waals surface area contributed by atoms with Gasteiger partial charge in [0.25, 0.3) is 0 Å². The van der Waals surface area contributed by atoms with Gasteiger partial charge in [-0.05, 0) is 18.9 Å². The summed E-state index contributed by atoms with van der Waals surface area (Å²) in [4.78, 5) is 16.7. The molecule has 1 unspecified atom stereocenters. The summed E-state index contributed by atoms with van der Waals surface area (Å²) in [6.45, 7) is 8.08. The zero-order valence-corrected chi connectivity index (χ0v) is 14.3. The highest BCUT2D eigenvalue weighted by molar-refractivity contribution is 5.78. The summed E-state index contributed by atoms with van der Waals surface area (Å²) in [5.41, 5.74) is 1.39. The Morgan fingerprint density at radius 3 is 2.48 bits per heavy atom. The molecule has 1 aliphatic rings. The van der Waals surface area contributed by atoms with Gasteiger partial charge in [-0.1, -0.05) is 30.3 Å². The van der Waals surface area contributed by atoms with E-state index in [9.17, 15) is 4.79 Å². The van der Waals surface area contributed by atoms with E-state index in [1.165, 1.54) is 5.56 Å². The molecule has 1 saturated heterocycles. The number of benzene rings is 1. The Hall–Kier alpha value is -1.43. The highest BCUT2D eigenvalue weighted by Crippen LogP contribution is 2.05. The van der Waals surface area contributed by atoms with Gasteiger partial charge in [-0.25, -0.2) is 0 Å². The Balaban J connectivity index is 1.63. The molecule has 2 rings (SSSR count). The first-order valence-corrected chi connectivity index (χ1v) is 8.44. The van der Waals surface area contributed by atoms with E-state index in [0.29, 0.717) is 13.2 Å². The van der Waals surface area contributed by atoms with Crippen molar-refractivity contribution in [3.63, 3.8) is 0 Å². The van der Waals surface area contributed by atoms with E-state index in [1.807, 2.05) is 6.92 Å². The number of carbonyl (C=O) groups excluding carboxylic acids is 1. The van der Waals surface area contributed by atoms with Crippen LogP contribution in [0.4, 0.5) is 0 Å². The van der Waals surface area contributed by atoms with Gasteiger partial charge in [0.15, 0.2) is 0 Å². The van der Waals surface area contributed by atoms with E-state index >= 15 is 0 Å². The molecule has 0 aliphatic carbocycles. The largest absolute Gasteiger partial charge is 0.383 e. The van der Waals surface area contributed by atoms with Crippen LogP contribution in [0.2, 0.25) is 0 Å².